The molecule has 0 saturated carbocycles. The first kappa shape index (κ1) is 15.1. The van der Waals surface area contributed by atoms with Crippen molar-refractivity contribution < 1.29 is 0 Å². The zero-order valence-electron chi connectivity index (χ0n) is 10.9. The summed E-state index contributed by atoms with van der Waals surface area (Å²) >= 11 is 0. The number of rotatable bonds is 7. The molecule has 0 atom stereocenters. The van der Waals surface area contributed by atoms with Crippen molar-refractivity contribution >= 4 is 0 Å². The summed E-state index contributed by atoms with van der Waals surface area (Å²) in [5.74, 6) is 12.5. The molecule has 0 heterocycles. The van der Waals surface area contributed by atoms with Crippen molar-refractivity contribution in [1.82, 2.24) is 0 Å². The van der Waals surface area contributed by atoms with Gasteiger partial charge in [-0.15, -0.1) is 17.8 Å². The zero-order valence-corrected chi connectivity index (χ0v) is 10.9. The first-order chi connectivity index (χ1) is 7.91. The van der Waals surface area contributed by atoms with Gasteiger partial charge in [-0.1, -0.05) is 45.5 Å². The van der Waals surface area contributed by atoms with Crippen LogP contribution < -0.4 is 0 Å². The average molecular weight is 217 g/mol. The predicted octanol–water partition coefficient (Wildman–Crippen LogP) is 4.75. The van der Waals surface area contributed by atoms with E-state index in [1.807, 2.05) is 6.42 Å². The van der Waals surface area contributed by atoms with E-state index in [0.29, 0.717) is 0 Å². The Bertz CT molecular complexity index is 213. The quantitative estimate of drug-likeness (QED) is 0.426. The summed E-state index contributed by atoms with van der Waals surface area (Å²) < 4.78 is 0. The molecule has 0 amide bonds. The Morgan fingerprint density at radius 2 is 1.38 bits per heavy atom. The number of hydrogen-bond donors (Lipinski definition) is 0. The summed E-state index contributed by atoms with van der Waals surface area (Å²) in [6.07, 6.45) is 12.5. The van der Waals surface area contributed by atoms with Gasteiger partial charge in [-0.3, -0.25) is 0 Å². The lowest BCUT2D eigenvalue weighted by Gasteiger charge is -1.88. The second kappa shape index (κ2) is 14.1. The molecule has 0 rings (SSSR count). The highest BCUT2D eigenvalue weighted by Crippen LogP contribution is 1.98. The van der Waals surface area contributed by atoms with E-state index in [2.05, 4.69) is 37.5 Å². The molecule has 16 heavy (non-hydrogen) atoms. The van der Waals surface area contributed by atoms with Gasteiger partial charge in [0.15, 0.2) is 0 Å². The lowest BCUT2D eigenvalue weighted by atomic mass is 10.2. The summed E-state index contributed by atoms with van der Waals surface area (Å²) in [5.41, 5.74) is 0. The van der Waals surface area contributed by atoms with Gasteiger partial charge < -0.3 is 0 Å². The third kappa shape index (κ3) is 13.1. The van der Waals surface area contributed by atoms with Crippen LogP contribution in [0.15, 0.2) is 0 Å². The van der Waals surface area contributed by atoms with Crippen LogP contribution >= 0.6 is 0 Å². The first-order valence-electron chi connectivity index (χ1n) is 6.67. The fraction of sp³-hybridized carbons (Fsp3) is 0.688. The molecular weight excluding hydrogens is 192 g/mol. The third-order valence-corrected chi connectivity index (χ3v) is 2.34. The second-order valence-electron chi connectivity index (χ2n) is 4.00. The van der Waals surface area contributed by atoms with E-state index in [0.717, 1.165) is 19.3 Å². The van der Waals surface area contributed by atoms with E-state index < -0.39 is 0 Å². The molecule has 0 aliphatic carbocycles. The standard InChI is InChI=1S/C16H25/c1-3-5-7-9-11-13-15-16-14-12-10-8-6-4-2/h15H,3-10,16H2,1-2H3. The van der Waals surface area contributed by atoms with Crippen molar-refractivity contribution in [1.29, 1.82) is 0 Å². The molecule has 0 aliphatic heterocycles. The second-order valence-corrected chi connectivity index (χ2v) is 4.00. The maximum Gasteiger partial charge on any atom is 0.0459 e. The molecule has 0 aliphatic rings. The molecule has 0 aromatic rings. The smallest absolute Gasteiger partial charge is 0.0459 e. The average Bonchev–Trinajstić information content (AvgIpc) is 2.31. The van der Waals surface area contributed by atoms with Gasteiger partial charge >= 0.3 is 0 Å². The molecule has 0 aromatic heterocycles. The van der Waals surface area contributed by atoms with E-state index in [1.165, 1.54) is 38.5 Å². The van der Waals surface area contributed by atoms with Crippen LogP contribution in [0.3, 0.4) is 0 Å². The van der Waals surface area contributed by atoms with E-state index in [4.69, 9.17) is 0 Å². The predicted molar refractivity (Wildman–Crippen MR) is 72.8 cm³/mol. The molecule has 0 aromatic carbocycles. The van der Waals surface area contributed by atoms with Crippen LogP contribution in [0, 0.1) is 30.1 Å². The van der Waals surface area contributed by atoms with Crippen molar-refractivity contribution in [3.05, 3.63) is 6.42 Å². The molecule has 0 bridgehead atoms. The van der Waals surface area contributed by atoms with E-state index in [9.17, 15) is 0 Å². The molecule has 0 heteroatoms. The van der Waals surface area contributed by atoms with Gasteiger partial charge in [0.1, 0.15) is 0 Å². The van der Waals surface area contributed by atoms with Crippen molar-refractivity contribution in [2.45, 2.75) is 71.6 Å². The Labute approximate surface area is 102 Å². The molecule has 1 radical (unpaired) electrons. The topological polar surface area (TPSA) is 0 Å². The fourth-order valence-electron chi connectivity index (χ4n) is 1.33. The van der Waals surface area contributed by atoms with Crippen LogP contribution in [0.25, 0.3) is 0 Å². The van der Waals surface area contributed by atoms with Gasteiger partial charge in [0.25, 0.3) is 0 Å². The minimum Gasteiger partial charge on any atom is -0.103 e. The summed E-state index contributed by atoms with van der Waals surface area (Å²) in [4.78, 5) is 0. The highest BCUT2D eigenvalue weighted by molar-refractivity contribution is 5.15. The fourth-order valence-corrected chi connectivity index (χ4v) is 1.33. The van der Waals surface area contributed by atoms with E-state index in [1.54, 1.807) is 0 Å². The van der Waals surface area contributed by atoms with Crippen LogP contribution in [0.4, 0.5) is 0 Å². The number of unbranched alkanes of at least 4 members (excludes halogenated alkanes) is 7. The molecule has 0 nitrogen and oxygen atoms in total. The van der Waals surface area contributed by atoms with Gasteiger partial charge in [-0.05, 0) is 12.8 Å². The van der Waals surface area contributed by atoms with Gasteiger partial charge in [0.05, 0.1) is 0 Å². The molecule has 89 valence electrons. The lowest BCUT2D eigenvalue weighted by Crippen LogP contribution is -1.73. The molecule has 0 saturated heterocycles. The summed E-state index contributed by atoms with van der Waals surface area (Å²) in [7, 11) is 0. The minimum absolute atomic E-state index is 0.826. The van der Waals surface area contributed by atoms with Crippen LogP contribution in [0.2, 0.25) is 0 Å². The van der Waals surface area contributed by atoms with Crippen LogP contribution in [0.5, 0.6) is 0 Å². The normalized spacial score (nSPS) is 8.88. The molecule has 0 unspecified atom stereocenters. The zero-order chi connectivity index (χ0) is 11.9. The molecule has 0 spiro atoms. The molecular formula is C16H25. The minimum atomic E-state index is 0.826. The maximum atomic E-state index is 3.18. The summed E-state index contributed by atoms with van der Waals surface area (Å²) in [6, 6.07) is 0. The van der Waals surface area contributed by atoms with Crippen LogP contribution in [0.1, 0.15) is 71.6 Å². The van der Waals surface area contributed by atoms with Crippen molar-refractivity contribution in [2.75, 3.05) is 0 Å². The van der Waals surface area contributed by atoms with Crippen molar-refractivity contribution in [3.8, 4) is 23.7 Å². The van der Waals surface area contributed by atoms with Gasteiger partial charge in [-0.25, -0.2) is 0 Å². The van der Waals surface area contributed by atoms with Gasteiger partial charge in [-0.2, -0.15) is 0 Å². The van der Waals surface area contributed by atoms with Crippen molar-refractivity contribution in [2.24, 2.45) is 0 Å². The van der Waals surface area contributed by atoms with Crippen LogP contribution in [-0.2, 0) is 0 Å². The van der Waals surface area contributed by atoms with E-state index >= 15 is 0 Å². The highest BCUT2D eigenvalue weighted by atomic mass is 13.9. The van der Waals surface area contributed by atoms with Crippen LogP contribution in [-0.4, -0.2) is 0 Å². The first-order valence-corrected chi connectivity index (χ1v) is 6.67. The van der Waals surface area contributed by atoms with Gasteiger partial charge in [0, 0.05) is 25.7 Å². The lowest BCUT2D eigenvalue weighted by molar-refractivity contribution is 0.737. The molecule has 0 fully saturated rings. The Balaban J connectivity index is 3.24. The Morgan fingerprint density at radius 1 is 0.750 bits per heavy atom. The Kier molecular flexibility index (Phi) is 13.3. The Hall–Kier alpha value is -0.880. The summed E-state index contributed by atoms with van der Waals surface area (Å²) in [6.45, 7) is 4.43. The van der Waals surface area contributed by atoms with Gasteiger partial charge in [0.2, 0.25) is 0 Å². The maximum absolute atomic E-state index is 3.18. The third-order valence-electron chi connectivity index (χ3n) is 2.34. The largest absolute Gasteiger partial charge is 0.103 e. The summed E-state index contributed by atoms with van der Waals surface area (Å²) in [5, 5.41) is 0. The number of hydrogen-bond acceptors (Lipinski definition) is 0. The van der Waals surface area contributed by atoms with Crippen molar-refractivity contribution in [3.63, 3.8) is 0 Å². The monoisotopic (exact) mass is 217 g/mol. The molecule has 0 N–H and O–H groups in total. The SMILES string of the molecule is CCCCCC#C[CH]CC#CCCCCC. The highest BCUT2D eigenvalue weighted by Gasteiger charge is 1.82. The van der Waals surface area contributed by atoms with E-state index in [-0.39, 0.29) is 0 Å². The Morgan fingerprint density at radius 3 is 2.00 bits per heavy atom.